The molecule has 0 spiro atoms. The summed E-state index contributed by atoms with van der Waals surface area (Å²) in [4.78, 5) is 13.1. The highest BCUT2D eigenvalue weighted by molar-refractivity contribution is 6.32. The average molecular weight is 391 g/mol. The lowest BCUT2D eigenvalue weighted by Gasteiger charge is -2.28. The fourth-order valence-corrected chi connectivity index (χ4v) is 3.29. The van der Waals surface area contributed by atoms with Gasteiger partial charge in [0.1, 0.15) is 6.07 Å². The number of benzene rings is 3. The predicted octanol–water partition coefficient (Wildman–Crippen LogP) is 4.59. The van der Waals surface area contributed by atoms with Crippen molar-refractivity contribution in [2.45, 2.75) is 18.9 Å². The van der Waals surface area contributed by atoms with E-state index in [1.54, 1.807) is 30.3 Å². The van der Waals surface area contributed by atoms with E-state index in [-0.39, 0.29) is 11.4 Å². The molecule has 4 nitrogen and oxygen atoms in total. The molecule has 0 fully saturated rings. The van der Waals surface area contributed by atoms with Crippen molar-refractivity contribution in [1.29, 1.82) is 5.26 Å². The van der Waals surface area contributed by atoms with Crippen LogP contribution in [0.4, 0.5) is 5.69 Å². The monoisotopic (exact) mass is 390 g/mol. The third-order valence-corrected chi connectivity index (χ3v) is 4.83. The van der Waals surface area contributed by atoms with Gasteiger partial charge >= 0.3 is 0 Å². The third kappa shape index (κ3) is 4.23. The van der Waals surface area contributed by atoms with Gasteiger partial charge in [0.05, 0.1) is 10.6 Å². The molecule has 3 aromatic carbocycles. The maximum absolute atomic E-state index is 13.1. The molecule has 3 rings (SSSR count). The van der Waals surface area contributed by atoms with Crippen molar-refractivity contribution in [3.8, 4) is 6.07 Å². The molecule has 0 saturated heterocycles. The number of halogens is 1. The highest BCUT2D eigenvalue weighted by Gasteiger charge is 2.38. The van der Waals surface area contributed by atoms with Crippen LogP contribution in [0.3, 0.4) is 0 Å². The summed E-state index contributed by atoms with van der Waals surface area (Å²) in [7, 11) is 0. The fourth-order valence-electron chi connectivity index (χ4n) is 3.06. The van der Waals surface area contributed by atoms with Crippen molar-refractivity contribution in [2.24, 2.45) is 0 Å². The minimum Gasteiger partial charge on any atom is -0.375 e. The Hall–Kier alpha value is -3.13. The van der Waals surface area contributed by atoms with Crippen LogP contribution in [-0.4, -0.2) is 11.0 Å². The smallest absolute Gasteiger partial charge is 0.261 e. The highest BCUT2D eigenvalue weighted by Crippen LogP contribution is 2.29. The molecular weight excluding hydrogens is 372 g/mol. The number of hydrogen-bond acceptors (Lipinski definition) is 3. The summed E-state index contributed by atoms with van der Waals surface area (Å²) in [6, 6.07) is 23.1. The highest BCUT2D eigenvalue weighted by atomic mass is 35.5. The van der Waals surface area contributed by atoms with Gasteiger partial charge in [0.2, 0.25) is 0 Å². The van der Waals surface area contributed by atoms with E-state index < -0.39 is 11.5 Å². The molecule has 1 amide bonds. The molecule has 28 heavy (non-hydrogen) atoms. The molecule has 0 aliphatic carbocycles. The summed E-state index contributed by atoms with van der Waals surface area (Å²) < 4.78 is 0. The average Bonchev–Trinajstić information content (AvgIpc) is 2.68. The molecule has 0 radical (unpaired) electrons. The second-order valence-electron chi connectivity index (χ2n) is 6.65. The van der Waals surface area contributed by atoms with E-state index in [2.05, 4.69) is 5.32 Å². The first-order chi connectivity index (χ1) is 13.4. The lowest BCUT2D eigenvalue weighted by atomic mass is 9.86. The number of nitriles is 1. The maximum atomic E-state index is 13.1. The van der Waals surface area contributed by atoms with Crippen molar-refractivity contribution in [1.82, 2.24) is 0 Å². The van der Waals surface area contributed by atoms with Crippen LogP contribution in [0.15, 0.2) is 72.8 Å². The number of anilines is 1. The van der Waals surface area contributed by atoms with E-state index in [1.165, 1.54) is 12.1 Å². The number of hydrogen-bond donors (Lipinski definition) is 2. The van der Waals surface area contributed by atoms with E-state index in [0.717, 1.165) is 11.1 Å². The third-order valence-electron chi connectivity index (χ3n) is 4.52. The molecule has 0 heterocycles. The number of aryl methyl sites for hydroxylation is 1. The second-order valence-corrected chi connectivity index (χ2v) is 7.06. The minimum atomic E-state index is -1.77. The van der Waals surface area contributed by atoms with E-state index in [1.807, 2.05) is 43.3 Å². The number of nitrogens with one attached hydrogen (secondary N) is 1. The molecule has 5 heteroatoms. The molecule has 1 atom stereocenters. The SMILES string of the molecule is Cc1cccc(C[C@@](O)(C(=O)Nc2ccc(C#N)c(Cl)c2)c2ccccc2)c1. The van der Waals surface area contributed by atoms with E-state index in [9.17, 15) is 9.90 Å². The zero-order chi connectivity index (χ0) is 20.1. The quantitative estimate of drug-likeness (QED) is 0.669. The Labute approximate surface area is 169 Å². The lowest BCUT2D eigenvalue weighted by Crippen LogP contribution is -2.42. The molecule has 0 aromatic heterocycles. The first-order valence-electron chi connectivity index (χ1n) is 8.77. The Kier molecular flexibility index (Phi) is 5.79. The van der Waals surface area contributed by atoms with E-state index in [4.69, 9.17) is 16.9 Å². The molecule has 2 N–H and O–H groups in total. The number of nitrogens with zero attached hydrogens (tertiary/aromatic N) is 1. The van der Waals surface area contributed by atoms with Crippen LogP contribution in [0.2, 0.25) is 5.02 Å². The Balaban J connectivity index is 1.95. The van der Waals surface area contributed by atoms with E-state index in [0.29, 0.717) is 16.8 Å². The van der Waals surface area contributed by atoms with Crippen LogP contribution in [0.5, 0.6) is 0 Å². The van der Waals surface area contributed by atoms with E-state index >= 15 is 0 Å². The summed E-state index contributed by atoms with van der Waals surface area (Å²) >= 11 is 6.06. The number of carbonyl (C=O) groups is 1. The summed E-state index contributed by atoms with van der Waals surface area (Å²) in [5.74, 6) is -0.569. The first kappa shape index (κ1) is 19.6. The van der Waals surface area contributed by atoms with Crippen molar-refractivity contribution < 1.29 is 9.90 Å². The fraction of sp³-hybridized carbons (Fsp3) is 0.130. The van der Waals surface area contributed by atoms with Crippen LogP contribution in [0, 0.1) is 18.3 Å². The van der Waals surface area contributed by atoms with Gasteiger partial charge in [-0.25, -0.2) is 0 Å². The molecular formula is C23H19ClN2O2. The number of carbonyl (C=O) groups excluding carboxylic acids is 1. The first-order valence-corrected chi connectivity index (χ1v) is 9.15. The van der Waals surface area contributed by atoms with Crippen molar-refractivity contribution in [3.05, 3.63) is 100 Å². The van der Waals surface area contributed by atoms with Gasteiger partial charge < -0.3 is 10.4 Å². The van der Waals surface area contributed by atoms with Crippen molar-refractivity contribution in [2.75, 3.05) is 5.32 Å². The summed E-state index contributed by atoms with van der Waals surface area (Å²) in [5.41, 5.74) is 1.35. The lowest BCUT2D eigenvalue weighted by molar-refractivity contribution is -0.135. The van der Waals surface area contributed by atoms with Gasteiger partial charge in [0.15, 0.2) is 5.60 Å². The van der Waals surface area contributed by atoms with Gasteiger partial charge in [0.25, 0.3) is 5.91 Å². The van der Waals surface area contributed by atoms with Gasteiger partial charge in [0, 0.05) is 12.1 Å². The number of amides is 1. The normalized spacial score (nSPS) is 12.6. The largest absolute Gasteiger partial charge is 0.375 e. The standard InChI is InChI=1S/C23H19ClN2O2/c1-16-6-5-7-17(12-16)14-23(28,19-8-3-2-4-9-19)22(27)26-20-11-10-18(15-25)21(24)13-20/h2-13,28H,14H2,1H3,(H,26,27)/t23-/m0/s1. The van der Waals surface area contributed by atoms with Crippen LogP contribution >= 0.6 is 11.6 Å². The predicted molar refractivity (Wildman–Crippen MR) is 110 cm³/mol. The molecule has 0 unspecified atom stereocenters. The topological polar surface area (TPSA) is 73.1 Å². The Morgan fingerprint density at radius 3 is 2.50 bits per heavy atom. The van der Waals surface area contributed by atoms with Crippen molar-refractivity contribution in [3.63, 3.8) is 0 Å². The molecule has 140 valence electrons. The Morgan fingerprint density at radius 2 is 1.86 bits per heavy atom. The molecule has 0 saturated carbocycles. The van der Waals surface area contributed by atoms with Gasteiger partial charge in [-0.15, -0.1) is 0 Å². The molecule has 0 bridgehead atoms. The maximum Gasteiger partial charge on any atom is 0.261 e. The summed E-state index contributed by atoms with van der Waals surface area (Å²) in [5, 5.41) is 23.4. The zero-order valence-electron chi connectivity index (χ0n) is 15.3. The van der Waals surface area contributed by atoms with Crippen LogP contribution < -0.4 is 5.32 Å². The van der Waals surface area contributed by atoms with Crippen LogP contribution in [0.1, 0.15) is 22.3 Å². The van der Waals surface area contributed by atoms with Crippen LogP contribution in [0.25, 0.3) is 0 Å². The summed E-state index contributed by atoms with van der Waals surface area (Å²) in [6.45, 7) is 1.96. The molecule has 0 aliphatic rings. The van der Waals surface area contributed by atoms with Gasteiger partial charge in [-0.3, -0.25) is 4.79 Å². The summed E-state index contributed by atoms with van der Waals surface area (Å²) in [6.07, 6.45) is 0.120. The molecule has 0 aliphatic heterocycles. The Bertz CT molecular complexity index is 1040. The van der Waals surface area contributed by atoms with Gasteiger partial charge in [-0.1, -0.05) is 71.8 Å². The Morgan fingerprint density at radius 1 is 1.11 bits per heavy atom. The second kappa shape index (κ2) is 8.26. The minimum absolute atomic E-state index is 0.120. The molecule has 3 aromatic rings. The zero-order valence-corrected chi connectivity index (χ0v) is 16.1. The number of rotatable bonds is 5. The van der Waals surface area contributed by atoms with Gasteiger partial charge in [-0.2, -0.15) is 5.26 Å². The van der Waals surface area contributed by atoms with Crippen molar-refractivity contribution >= 4 is 23.2 Å². The van der Waals surface area contributed by atoms with Gasteiger partial charge in [-0.05, 0) is 36.2 Å². The number of aliphatic hydroxyl groups is 1. The van der Waals surface area contributed by atoms with Crippen LogP contribution in [-0.2, 0) is 16.8 Å².